The van der Waals surface area contributed by atoms with E-state index in [9.17, 15) is 0 Å². The second-order valence-corrected chi connectivity index (χ2v) is 2.47. The van der Waals surface area contributed by atoms with Crippen LogP contribution >= 0.6 is 0 Å². The van der Waals surface area contributed by atoms with Crippen LogP contribution in [0.4, 0.5) is 0 Å². The lowest BCUT2D eigenvalue weighted by atomic mass is 10.2. The van der Waals surface area contributed by atoms with Gasteiger partial charge in [-0.1, -0.05) is 31.4 Å². The lowest BCUT2D eigenvalue weighted by molar-refractivity contribution is 0.522. The van der Waals surface area contributed by atoms with Gasteiger partial charge in [-0.15, -0.1) is 0 Å². The van der Waals surface area contributed by atoms with Crippen molar-refractivity contribution in [2.75, 3.05) is 0 Å². The van der Waals surface area contributed by atoms with E-state index in [-0.39, 0.29) is 0 Å². The van der Waals surface area contributed by atoms with Crippen LogP contribution in [-0.4, -0.2) is 0 Å². The molecular formula is C11H12O. The summed E-state index contributed by atoms with van der Waals surface area (Å²) in [6, 6.07) is 3.85. The maximum Gasteiger partial charge on any atom is 0.134 e. The van der Waals surface area contributed by atoms with Gasteiger partial charge in [0.2, 0.25) is 0 Å². The molecule has 0 unspecified atom stereocenters. The Hall–Kier alpha value is -1.50. The molecule has 0 aromatic carbocycles. The van der Waals surface area contributed by atoms with Gasteiger partial charge in [-0.3, -0.25) is 0 Å². The zero-order valence-corrected chi connectivity index (χ0v) is 7.21. The highest BCUT2D eigenvalue weighted by Gasteiger charge is 2.00. The van der Waals surface area contributed by atoms with Crippen molar-refractivity contribution in [1.29, 1.82) is 0 Å². The molecule has 12 heavy (non-hydrogen) atoms. The van der Waals surface area contributed by atoms with E-state index in [2.05, 4.69) is 13.2 Å². The fourth-order valence-corrected chi connectivity index (χ4v) is 0.967. The van der Waals surface area contributed by atoms with Crippen LogP contribution in [-0.2, 0) is 0 Å². The minimum absolute atomic E-state index is 0.836. The summed E-state index contributed by atoms with van der Waals surface area (Å²) >= 11 is 0. The Morgan fingerprint density at radius 2 is 2.17 bits per heavy atom. The summed E-state index contributed by atoms with van der Waals surface area (Å²) in [5.74, 6) is 1.74. The van der Waals surface area contributed by atoms with Crippen molar-refractivity contribution in [2.24, 2.45) is 0 Å². The number of furan rings is 1. The number of hydrogen-bond acceptors (Lipinski definition) is 1. The van der Waals surface area contributed by atoms with Crippen molar-refractivity contribution >= 4 is 5.57 Å². The fourth-order valence-electron chi connectivity index (χ4n) is 0.967. The third-order valence-electron chi connectivity index (χ3n) is 1.54. The maximum absolute atomic E-state index is 5.40. The van der Waals surface area contributed by atoms with Crippen molar-refractivity contribution in [3.05, 3.63) is 55.0 Å². The van der Waals surface area contributed by atoms with Crippen molar-refractivity contribution in [3.63, 3.8) is 0 Å². The molecule has 0 N–H and O–H groups in total. The molecule has 1 aromatic rings. The molecule has 1 nitrogen and oxygen atoms in total. The van der Waals surface area contributed by atoms with Crippen LogP contribution < -0.4 is 0 Å². The molecule has 62 valence electrons. The molecule has 0 aliphatic carbocycles. The average molecular weight is 160 g/mol. The Bertz CT molecular complexity index is 316. The monoisotopic (exact) mass is 160 g/mol. The molecule has 1 heterocycles. The Kier molecular flexibility index (Phi) is 2.70. The van der Waals surface area contributed by atoms with Crippen LogP contribution in [0.15, 0.2) is 47.9 Å². The molecule has 0 saturated carbocycles. The van der Waals surface area contributed by atoms with E-state index in [0.717, 1.165) is 17.1 Å². The summed E-state index contributed by atoms with van der Waals surface area (Å²) in [6.45, 7) is 9.22. The Balaban J connectivity index is 3.02. The summed E-state index contributed by atoms with van der Waals surface area (Å²) in [7, 11) is 0. The summed E-state index contributed by atoms with van der Waals surface area (Å²) in [5, 5.41) is 0. The first kappa shape index (κ1) is 8.60. The van der Waals surface area contributed by atoms with E-state index in [1.807, 2.05) is 25.1 Å². The van der Waals surface area contributed by atoms with E-state index in [4.69, 9.17) is 4.42 Å². The molecule has 0 aliphatic rings. The van der Waals surface area contributed by atoms with Crippen LogP contribution in [0.2, 0.25) is 0 Å². The van der Waals surface area contributed by atoms with E-state index in [1.165, 1.54) is 0 Å². The second-order valence-electron chi connectivity index (χ2n) is 2.47. The normalized spacial score (nSPS) is 11.2. The molecule has 0 spiro atoms. The predicted octanol–water partition coefficient (Wildman–Crippen LogP) is 3.34. The first-order valence-corrected chi connectivity index (χ1v) is 3.80. The Labute approximate surface area is 72.7 Å². The topological polar surface area (TPSA) is 13.1 Å². The molecule has 0 bridgehead atoms. The van der Waals surface area contributed by atoms with Crippen molar-refractivity contribution < 1.29 is 4.42 Å². The minimum atomic E-state index is 0.836. The van der Waals surface area contributed by atoms with E-state index in [1.54, 1.807) is 12.2 Å². The lowest BCUT2D eigenvalue weighted by Gasteiger charge is -1.93. The summed E-state index contributed by atoms with van der Waals surface area (Å²) < 4.78 is 5.40. The van der Waals surface area contributed by atoms with Crippen LogP contribution in [0.1, 0.15) is 11.5 Å². The Morgan fingerprint density at radius 3 is 2.58 bits per heavy atom. The highest BCUT2D eigenvalue weighted by molar-refractivity contribution is 5.71. The highest BCUT2D eigenvalue weighted by atomic mass is 16.3. The van der Waals surface area contributed by atoms with E-state index in [0.29, 0.717) is 0 Å². The van der Waals surface area contributed by atoms with Crippen molar-refractivity contribution in [3.8, 4) is 0 Å². The quantitative estimate of drug-likeness (QED) is 0.618. The summed E-state index contributed by atoms with van der Waals surface area (Å²) in [5.41, 5.74) is 0.957. The van der Waals surface area contributed by atoms with Gasteiger partial charge in [0.15, 0.2) is 0 Å². The van der Waals surface area contributed by atoms with E-state index >= 15 is 0 Å². The van der Waals surface area contributed by atoms with Crippen LogP contribution in [0.3, 0.4) is 0 Å². The second kappa shape index (κ2) is 3.77. The lowest BCUT2D eigenvalue weighted by Crippen LogP contribution is -1.73. The molecule has 0 amide bonds. The first-order valence-electron chi connectivity index (χ1n) is 3.80. The van der Waals surface area contributed by atoms with Crippen molar-refractivity contribution in [1.82, 2.24) is 0 Å². The summed E-state index contributed by atoms with van der Waals surface area (Å²) in [4.78, 5) is 0. The molecule has 0 saturated heterocycles. The van der Waals surface area contributed by atoms with Gasteiger partial charge in [-0.05, 0) is 19.1 Å². The number of rotatable bonds is 3. The van der Waals surface area contributed by atoms with Gasteiger partial charge in [-0.2, -0.15) is 0 Å². The minimum Gasteiger partial charge on any atom is -0.461 e. The molecule has 0 atom stereocenters. The van der Waals surface area contributed by atoms with Crippen LogP contribution in [0.5, 0.6) is 0 Å². The fraction of sp³-hybridized carbons (Fsp3) is 0.0909. The average Bonchev–Trinajstić information content (AvgIpc) is 2.47. The molecule has 1 rings (SSSR count). The van der Waals surface area contributed by atoms with Crippen LogP contribution in [0.25, 0.3) is 5.57 Å². The Morgan fingerprint density at radius 1 is 1.42 bits per heavy atom. The maximum atomic E-state index is 5.40. The molecule has 0 radical (unpaired) electrons. The molecule has 1 aromatic heterocycles. The molecule has 1 heteroatoms. The van der Waals surface area contributed by atoms with Gasteiger partial charge >= 0.3 is 0 Å². The first-order chi connectivity index (χ1) is 5.77. The number of aryl methyl sites for hydroxylation is 1. The highest BCUT2D eigenvalue weighted by Crippen LogP contribution is 2.17. The molecule has 0 aliphatic heterocycles. The zero-order chi connectivity index (χ0) is 8.97. The van der Waals surface area contributed by atoms with Gasteiger partial charge in [0.05, 0.1) is 0 Å². The van der Waals surface area contributed by atoms with E-state index < -0.39 is 0 Å². The molecular weight excluding hydrogens is 148 g/mol. The number of hydrogen-bond donors (Lipinski definition) is 0. The standard InChI is InChI=1S/C11H12O/c1-4-6-10(5-2)11-8-7-9(3)12-11/h4-8H,1-2H2,3H3/b10-6+. The van der Waals surface area contributed by atoms with Crippen LogP contribution in [0, 0.1) is 6.92 Å². The number of allylic oxidation sites excluding steroid dienone is 4. The van der Waals surface area contributed by atoms with Gasteiger partial charge in [-0.25, -0.2) is 0 Å². The summed E-state index contributed by atoms with van der Waals surface area (Å²) in [6.07, 6.45) is 5.33. The largest absolute Gasteiger partial charge is 0.461 e. The predicted molar refractivity (Wildman–Crippen MR) is 51.8 cm³/mol. The van der Waals surface area contributed by atoms with Gasteiger partial charge < -0.3 is 4.42 Å². The van der Waals surface area contributed by atoms with Crippen molar-refractivity contribution in [2.45, 2.75) is 6.92 Å². The molecule has 0 fully saturated rings. The SMILES string of the molecule is C=C/C=C(\C=C)c1ccc(C)o1. The van der Waals surface area contributed by atoms with Gasteiger partial charge in [0.25, 0.3) is 0 Å². The van der Waals surface area contributed by atoms with Gasteiger partial charge in [0.1, 0.15) is 11.5 Å². The third kappa shape index (κ3) is 1.76. The third-order valence-corrected chi connectivity index (χ3v) is 1.54. The smallest absolute Gasteiger partial charge is 0.134 e. The van der Waals surface area contributed by atoms with Gasteiger partial charge in [0, 0.05) is 5.57 Å². The zero-order valence-electron chi connectivity index (χ0n) is 7.21.